The van der Waals surface area contributed by atoms with E-state index in [1.807, 2.05) is 6.79 Å². The van der Waals surface area contributed by atoms with Crippen LogP contribution in [0.4, 0.5) is 0 Å². The van der Waals surface area contributed by atoms with E-state index in [1.54, 1.807) is 0 Å². The Bertz CT molecular complexity index is 11.7. The van der Waals surface area contributed by atoms with Crippen molar-refractivity contribution in [3.63, 3.8) is 0 Å². The number of hydrogen-bond acceptors (Lipinski definition) is 1. The Morgan fingerprint density at radius 2 is 0.714 bits per heavy atom. The van der Waals surface area contributed by atoms with Gasteiger partial charge in [-0.25, -0.2) is 0 Å². The second-order valence-corrected chi connectivity index (χ2v) is 0. The van der Waals surface area contributed by atoms with Crippen LogP contribution in [0.15, 0.2) is 0 Å². The van der Waals surface area contributed by atoms with Crippen molar-refractivity contribution in [2.24, 2.45) is 0 Å². The maximum absolute atomic E-state index is 8.00. The molecule has 1 radical (unpaired) electrons. The summed E-state index contributed by atoms with van der Waals surface area (Å²) in [7, 11) is 0. The summed E-state index contributed by atoms with van der Waals surface area (Å²) in [6.07, 6.45) is 0. The molecule has 0 heterocycles. The van der Waals surface area contributed by atoms with Crippen LogP contribution in [-0.2, 0) is 24.9 Å². The van der Waals surface area contributed by atoms with Crippen molar-refractivity contribution in [1.29, 1.82) is 0 Å². The molecule has 0 aliphatic rings. The molecule has 0 saturated heterocycles. The Labute approximate surface area is 125 Å². The van der Waals surface area contributed by atoms with Crippen molar-refractivity contribution in [2.45, 2.75) is 0 Å². The van der Waals surface area contributed by atoms with Gasteiger partial charge in [0, 0.05) is 20.1 Å². The molecule has 0 aliphatic heterocycles. The Morgan fingerprint density at radius 1 is 0.714 bits per heavy atom. The molecule has 0 aliphatic carbocycles. The quantitative estimate of drug-likeness (QED) is 0.227. The molecule has 0 aromatic heterocycles. The smallest absolute Gasteiger partial charge is 0.106 e. The van der Waals surface area contributed by atoms with E-state index in [0.29, 0.717) is 0 Å². The molecule has 0 fully saturated rings. The van der Waals surface area contributed by atoms with Crippen LogP contribution >= 0.6 is 0 Å². The molecule has 0 rings (SSSR count). The monoisotopic (exact) mass is 731 g/mol. The molecule has 0 aromatic rings. The molecule has 0 atom stereocenters. The molecule has 0 amide bonds. The zero-order valence-electron chi connectivity index (χ0n) is 2.96. The van der Waals surface area contributed by atoms with E-state index in [-0.39, 0.29) is 116 Å². The summed E-state index contributed by atoms with van der Waals surface area (Å²) in [5.74, 6) is 0. The molecule has 0 spiro atoms. The molecule has 6 heteroatoms. The Kier molecular flexibility index (Phi) is 415. The number of carbonyl (C=O) groups excluding carboxylic acids is 1. The van der Waals surface area contributed by atoms with E-state index in [4.69, 9.17) is 4.79 Å². The van der Waals surface area contributed by atoms with E-state index in [2.05, 4.69) is 0 Å². The number of rotatable bonds is 0. The summed E-state index contributed by atoms with van der Waals surface area (Å²) in [5.41, 5.74) is 0. The second-order valence-electron chi connectivity index (χ2n) is 0. The van der Waals surface area contributed by atoms with Crippen molar-refractivity contribution >= 4 is 6.79 Å². The SMILES string of the molecule is C=O.[I-].[I-].[I-].[I-].[Ir]. The third-order valence-electron chi connectivity index (χ3n) is 0. The van der Waals surface area contributed by atoms with Gasteiger partial charge in [0.1, 0.15) is 6.79 Å². The summed E-state index contributed by atoms with van der Waals surface area (Å²) in [4.78, 5) is 8.00. The van der Waals surface area contributed by atoms with E-state index in [9.17, 15) is 0 Å². The fraction of sp³-hybridized carbons (Fsp3) is 0. The third kappa shape index (κ3) is 46.1. The Hall–Kier alpha value is 3.24. The predicted octanol–water partition coefficient (Wildman–Crippen LogP) is -12.2. The van der Waals surface area contributed by atoms with Crippen LogP contribution < -0.4 is 95.9 Å². The van der Waals surface area contributed by atoms with Gasteiger partial charge in [-0.15, -0.1) is 0 Å². The van der Waals surface area contributed by atoms with Gasteiger partial charge in [0.2, 0.25) is 0 Å². The molecule has 0 bridgehead atoms. The second kappa shape index (κ2) is 59.8. The normalized spacial score (nSPS) is 0.571. The summed E-state index contributed by atoms with van der Waals surface area (Å²) < 4.78 is 0. The molecule has 53 valence electrons. The van der Waals surface area contributed by atoms with Crippen molar-refractivity contribution in [3.05, 3.63) is 0 Å². The van der Waals surface area contributed by atoms with E-state index >= 15 is 0 Å². The standard InChI is InChI=1S/CH2O.4HI.Ir/c1-2;;;;;/h1H2;4*1H;/p-4. The van der Waals surface area contributed by atoms with Crippen LogP contribution in [0.5, 0.6) is 0 Å². The van der Waals surface area contributed by atoms with Gasteiger partial charge >= 0.3 is 0 Å². The van der Waals surface area contributed by atoms with Crippen molar-refractivity contribution in [2.75, 3.05) is 0 Å². The zero-order valence-corrected chi connectivity index (χ0v) is 14.0. The molecule has 0 aromatic carbocycles. The van der Waals surface area contributed by atoms with Crippen molar-refractivity contribution in [1.82, 2.24) is 0 Å². The minimum Gasteiger partial charge on any atom is -1.00 e. The maximum atomic E-state index is 8.00. The van der Waals surface area contributed by atoms with Gasteiger partial charge in [-0.2, -0.15) is 0 Å². The third-order valence-corrected chi connectivity index (χ3v) is 0. The molecule has 1 nitrogen and oxygen atoms in total. The van der Waals surface area contributed by atoms with Crippen LogP contribution in [-0.4, -0.2) is 6.79 Å². The van der Waals surface area contributed by atoms with Gasteiger partial charge < -0.3 is 101 Å². The van der Waals surface area contributed by atoms with Gasteiger partial charge in [0.15, 0.2) is 0 Å². The fourth-order valence-electron chi connectivity index (χ4n) is 0. The van der Waals surface area contributed by atoms with Crippen LogP contribution in [0.25, 0.3) is 0 Å². The summed E-state index contributed by atoms with van der Waals surface area (Å²) in [5, 5.41) is 0. The molecule has 7 heavy (non-hydrogen) atoms. The first kappa shape index (κ1) is 48.6. The van der Waals surface area contributed by atoms with Gasteiger partial charge in [-0.3, -0.25) is 0 Å². The number of hydrogen-bond donors (Lipinski definition) is 0. The fourth-order valence-corrected chi connectivity index (χ4v) is 0. The van der Waals surface area contributed by atoms with Crippen LogP contribution in [0.3, 0.4) is 0 Å². The predicted molar refractivity (Wildman–Crippen MR) is 7.12 cm³/mol. The van der Waals surface area contributed by atoms with Gasteiger partial charge in [0.05, 0.1) is 0 Å². The molecular weight excluding hydrogens is 728 g/mol. The first-order valence-corrected chi connectivity index (χ1v) is 0.289. The first-order chi connectivity index (χ1) is 1.00. The molecule has 0 N–H and O–H groups in total. The van der Waals surface area contributed by atoms with E-state index < -0.39 is 0 Å². The average Bonchev–Trinajstić information content (AvgIpc) is 1.00. The van der Waals surface area contributed by atoms with E-state index in [0.717, 1.165) is 0 Å². The topological polar surface area (TPSA) is 17.1 Å². The van der Waals surface area contributed by atoms with Gasteiger partial charge in [-0.05, 0) is 0 Å². The van der Waals surface area contributed by atoms with E-state index in [1.165, 1.54) is 0 Å². The van der Waals surface area contributed by atoms with Crippen LogP contribution in [0, 0.1) is 0 Å². The average molecular weight is 730 g/mol. The Balaban J connectivity index is -0.000000000500. The first-order valence-electron chi connectivity index (χ1n) is 0.289. The van der Waals surface area contributed by atoms with Crippen molar-refractivity contribution in [3.8, 4) is 0 Å². The summed E-state index contributed by atoms with van der Waals surface area (Å²) >= 11 is 0. The van der Waals surface area contributed by atoms with Crippen molar-refractivity contribution < 1.29 is 121 Å². The van der Waals surface area contributed by atoms with Crippen LogP contribution in [0.1, 0.15) is 0 Å². The molecule has 0 saturated carbocycles. The Morgan fingerprint density at radius 3 is 0.714 bits per heavy atom. The minimum absolute atomic E-state index is 0. The van der Waals surface area contributed by atoms with Gasteiger partial charge in [0.25, 0.3) is 0 Å². The molecular formula is CH2I4IrO-4. The summed E-state index contributed by atoms with van der Waals surface area (Å²) in [6, 6.07) is 0. The van der Waals surface area contributed by atoms with Crippen LogP contribution in [0.2, 0.25) is 0 Å². The molecule has 0 unspecified atom stereocenters. The zero-order chi connectivity index (χ0) is 2.00. The summed E-state index contributed by atoms with van der Waals surface area (Å²) in [6.45, 7) is 2.00. The number of carbonyl (C=O) groups is 1. The largest absolute Gasteiger partial charge is 1.00 e. The maximum Gasteiger partial charge on any atom is 0.106 e. The minimum atomic E-state index is 0. The number of halogens is 4. The van der Waals surface area contributed by atoms with Gasteiger partial charge in [-0.1, -0.05) is 0 Å².